The van der Waals surface area contributed by atoms with E-state index in [9.17, 15) is 5.11 Å². The zero-order valence-corrected chi connectivity index (χ0v) is 12.5. The van der Waals surface area contributed by atoms with Crippen molar-refractivity contribution in [1.82, 2.24) is 0 Å². The SMILES string of the molecule is CCC(O)(c1ccc(-c2ccccc2)cc1)C1CC=CC1. The first-order valence-electron chi connectivity index (χ1n) is 7.77. The first kappa shape index (κ1) is 14.1. The predicted molar refractivity (Wildman–Crippen MR) is 87.9 cm³/mol. The average molecular weight is 278 g/mol. The van der Waals surface area contributed by atoms with Gasteiger partial charge in [0, 0.05) is 0 Å². The molecule has 0 radical (unpaired) electrons. The molecule has 1 aliphatic carbocycles. The summed E-state index contributed by atoms with van der Waals surface area (Å²) in [5.74, 6) is 0.310. The summed E-state index contributed by atoms with van der Waals surface area (Å²) in [6, 6.07) is 18.8. The fourth-order valence-corrected chi connectivity index (χ4v) is 3.32. The van der Waals surface area contributed by atoms with Gasteiger partial charge in [-0.25, -0.2) is 0 Å². The van der Waals surface area contributed by atoms with Gasteiger partial charge in [-0.3, -0.25) is 0 Å². The molecule has 0 spiro atoms. The monoisotopic (exact) mass is 278 g/mol. The molecule has 0 aromatic heterocycles. The van der Waals surface area contributed by atoms with Crippen LogP contribution in [0.25, 0.3) is 11.1 Å². The molecule has 2 aromatic rings. The van der Waals surface area contributed by atoms with E-state index in [1.54, 1.807) is 0 Å². The van der Waals surface area contributed by atoms with Crippen LogP contribution in [0.15, 0.2) is 66.7 Å². The van der Waals surface area contributed by atoms with Crippen LogP contribution in [0.1, 0.15) is 31.7 Å². The molecule has 1 atom stereocenters. The molecule has 1 unspecified atom stereocenters. The fraction of sp³-hybridized carbons (Fsp3) is 0.300. The molecule has 1 heteroatoms. The van der Waals surface area contributed by atoms with Gasteiger partial charge in [-0.1, -0.05) is 73.7 Å². The van der Waals surface area contributed by atoms with Gasteiger partial charge in [0.1, 0.15) is 0 Å². The van der Waals surface area contributed by atoms with Crippen molar-refractivity contribution in [2.45, 2.75) is 31.8 Å². The summed E-state index contributed by atoms with van der Waals surface area (Å²) < 4.78 is 0. The summed E-state index contributed by atoms with van der Waals surface area (Å²) in [6.07, 6.45) is 7.08. The number of allylic oxidation sites excluding steroid dienone is 2. The van der Waals surface area contributed by atoms with Crippen molar-refractivity contribution in [2.75, 3.05) is 0 Å². The van der Waals surface area contributed by atoms with Crippen LogP contribution in [-0.2, 0) is 5.60 Å². The summed E-state index contributed by atoms with van der Waals surface area (Å²) in [7, 11) is 0. The van der Waals surface area contributed by atoms with Crippen molar-refractivity contribution in [3.63, 3.8) is 0 Å². The first-order valence-corrected chi connectivity index (χ1v) is 7.77. The fourth-order valence-electron chi connectivity index (χ4n) is 3.32. The Labute approximate surface area is 127 Å². The van der Waals surface area contributed by atoms with Gasteiger partial charge in [-0.2, -0.15) is 0 Å². The molecule has 1 aliphatic rings. The second-order valence-electron chi connectivity index (χ2n) is 5.86. The Morgan fingerprint density at radius 2 is 1.48 bits per heavy atom. The van der Waals surface area contributed by atoms with Gasteiger partial charge in [-0.15, -0.1) is 0 Å². The summed E-state index contributed by atoms with van der Waals surface area (Å²) >= 11 is 0. The van der Waals surface area contributed by atoms with Gasteiger partial charge in [0.25, 0.3) is 0 Å². The lowest BCUT2D eigenvalue weighted by atomic mass is 9.77. The van der Waals surface area contributed by atoms with Crippen molar-refractivity contribution in [1.29, 1.82) is 0 Å². The maximum Gasteiger partial charge on any atom is 0.0927 e. The summed E-state index contributed by atoms with van der Waals surface area (Å²) in [5, 5.41) is 11.1. The average Bonchev–Trinajstić information content (AvgIpc) is 3.10. The molecule has 1 N–H and O–H groups in total. The lowest BCUT2D eigenvalue weighted by molar-refractivity contribution is -0.0234. The highest BCUT2D eigenvalue weighted by atomic mass is 16.3. The Morgan fingerprint density at radius 1 is 0.905 bits per heavy atom. The molecule has 0 aliphatic heterocycles. The summed E-state index contributed by atoms with van der Waals surface area (Å²) in [4.78, 5) is 0. The number of hydrogen-bond acceptors (Lipinski definition) is 1. The number of aliphatic hydroxyl groups is 1. The minimum absolute atomic E-state index is 0.310. The van der Waals surface area contributed by atoms with E-state index >= 15 is 0 Å². The maximum absolute atomic E-state index is 11.1. The molecule has 0 saturated heterocycles. The van der Waals surface area contributed by atoms with E-state index in [0.29, 0.717) is 5.92 Å². The standard InChI is InChI=1S/C20H22O/c1-2-20(21,18-10-6-7-11-18)19-14-12-17(13-15-19)16-8-4-3-5-9-16/h3-9,12-15,18,21H,2,10-11H2,1H3. The molecule has 0 amide bonds. The van der Waals surface area contributed by atoms with Crippen LogP contribution < -0.4 is 0 Å². The second kappa shape index (κ2) is 5.87. The molecule has 0 saturated carbocycles. The minimum atomic E-state index is -0.710. The van der Waals surface area contributed by atoms with E-state index in [1.807, 2.05) is 6.07 Å². The van der Waals surface area contributed by atoms with E-state index in [4.69, 9.17) is 0 Å². The Bertz CT molecular complexity index is 604. The van der Waals surface area contributed by atoms with Crippen LogP contribution in [0.3, 0.4) is 0 Å². The van der Waals surface area contributed by atoms with Gasteiger partial charge in [-0.05, 0) is 41.9 Å². The van der Waals surface area contributed by atoms with E-state index in [1.165, 1.54) is 11.1 Å². The van der Waals surface area contributed by atoms with Crippen LogP contribution in [0, 0.1) is 5.92 Å². The molecule has 1 nitrogen and oxygen atoms in total. The Morgan fingerprint density at radius 3 is 2.05 bits per heavy atom. The number of hydrogen-bond donors (Lipinski definition) is 1. The van der Waals surface area contributed by atoms with Crippen molar-refractivity contribution in [2.24, 2.45) is 5.92 Å². The third kappa shape index (κ3) is 2.66. The van der Waals surface area contributed by atoms with E-state index in [2.05, 4.69) is 67.6 Å². The van der Waals surface area contributed by atoms with Crippen molar-refractivity contribution in [3.05, 3.63) is 72.3 Å². The normalized spacial score (nSPS) is 17.8. The molecule has 21 heavy (non-hydrogen) atoms. The van der Waals surface area contributed by atoms with Gasteiger partial charge >= 0.3 is 0 Å². The third-order valence-electron chi connectivity index (χ3n) is 4.71. The van der Waals surface area contributed by atoms with Gasteiger partial charge in [0.15, 0.2) is 0 Å². The van der Waals surface area contributed by atoms with E-state index in [-0.39, 0.29) is 0 Å². The highest BCUT2D eigenvalue weighted by Gasteiger charge is 2.36. The molecular formula is C20H22O. The quantitative estimate of drug-likeness (QED) is 0.787. The minimum Gasteiger partial charge on any atom is -0.385 e. The zero-order valence-electron chi connectivity index (χ0n) is 12.5. The lowest BCUT2D eigenvalue weighted by Gasteiger charge is -2.34. The molecule has 3 rings (SSSR count). The second-order valence-corrected chi connectivity index (χ2v) is 5.86. The highest BCUT2D eigenvalue weighted by molar-refractivity contribution is 5.63. The van der Waals surface area contributed by atoms with Gasteiger partial charge in [0.05, 0.1) is 5.60 Å². The van der Waals surface area contributed by atoms with Crippen LogP contribution in [-0.4, -0.2) is 5.11 Å². The van der Waals surface area contributed by atoms with Gasteiger partial charge < -0.3 is 5.11 Å². The van der Waals surface area contributed by atoms with Crippen molar-refractivity contribution < 1.29 is 5.11 Å². The Hall–Kier alpha value is -1.86. The van der Waals surface area contributed by atoms with Crippen LogP contribution >= 0.6 is 0 Å². The number of rotatable bonds is 4. The molecule has 0 bridgehead atoms. The maximum atomic E-state index is 11.1. The summed E-state index contributed by atoms with van der Waals surface area (Å²) in [5.41, 5.74) is 2.74. The largest absolute Gasteiger partial charge is 0.385 e. The van der Waals surface area contributed by atoms with E-state index in [0.717, 1.165) is 24.8 Å². The lowest BCUT2D eigenvalue weighted by Crippen LogP contribution is -2.33. The van der Waals surface area contributed by atoms with Crippen LogP contribution in [0.5, 0.6) is 0 Å². The molecule has 108 valence electrons. The van der Waals surface area contributed by atoms with Crippen molar-refractivity contribution >= 4 is 0 Å². The molecular weight excluding hydrogens is 256 g/mol. The van der Waals surface area contributed by atoms with E-state index < -0.39 is 5.60 Å². The first-order chi connectivity index (χ1) is 10.2. The molecule has 0 fully saturated rings. The summed E-state index contributed by atoms with van der Waals surface area (Å²) in [6.45, 7) is 2.07. The highest BCUT2D eigenvalue weighted by Crippen LogP contribution is 2.40. The van der Waals surface area contributed by atoms with Crippen LogP contribution in [0.2, 0.25) is 0 Å². The zero-order chi connectivity index (χ0) is 14.7. The van der Waals surface area contributed by atoms with Crippen LogP contribution in [0.4, 0.5) is 0 Å². The third-order valence-corrected chi connectivity index (χ3v) is 4.71. The topological polar surface area (TPSA) is 20.2 Å². The predicted octanol–water partition coefficient (Wildman–Crippen LogP) is 4.92. The number of benzene rings is 2. The molecule has 0 heterocycles. The smallest absolute Gasteiger partial charge is 0.0927 e. The Balaban J connectivity index is 1.89. The van der Waals surface area contributed by atoms with Gasteiger partial charge in [0.2, 0.25) is 0 Å². The Kier molecular flexibility index (Phi) is 3.94. The van der Waals surface area contributed by atoms with Crippen molar-refractivity contribution in [3.8, 4) is 11.1 Å². The molecule has 2 aromatic carbocycles.